The second kappa shape index (κ2) is 5.72. The fourth-order valence-electron chi connectivity index (χ4n) is 0.651. The zero-order valence-electron chi connectivity index (χ0n) is 7.49. The van der Waals surface area contributed by atoms with Crippen molar-refractivity contribution in [1.29, 1.82) is 0 Å². The molecule has 0 aliphatic rings. The molecule has 0 amide bonds. The van der Waals surface area contributed by atoms with E-state index in [1.165, 1.54) is 5.41 Å². The third-order valence-corrected chi connectivity index (χ3v) is 2.17. The van der Waals surface area contributed by atoms with Crippen molar-refractivity contribution in [1.82, 2.24) is 0 Å². The van der Waals surface area contributed by atoms with Gasteiger partial charge in [-0.05, 0) is 12.1 Å². The summed E-state index contributed by atoms with van der Waals surface area (Å²) in [5.41, 5.74) is 0. The van der Waals surface area contributed by atoms with Gasteiger partial charge in [0.15, 0.2) is 0 Å². The van der Waals surface area contributed by atoms with E-state index in [1.807, 2.05) is 30.3 Å². The van der Waals surface area contributed by atoms with Gasteiger partial charge in [-0.25, -0.2) is 4.21 Å². The van der Waals surface area contributed by atoms with Crippen molar-refractivity contribution < 1.29 is 35.2 Å². The topological polar surface area (TPSA) is 17.1 Å². The number of hydrogen-bond donors (Lipinski definition) is 0. The second-order valence-electron chi connectivity index (χ2n) is 1.78. The Hall–Kier alpha value is 0.110. The minimum Gasteiger partial charge on any atom is -1.00 e. The summed E-state index contributed by atoms with van der Waals surface area (Å²) in [6, 6.07) is 9.24. The summed E-state index contributed by atoms with van der Waals surface area (Å²) < 4.78 is 11.0. The molecule has 1 unspecified atom stereocenters. The van der Waals surface area contributed by atoms with E-state index in [-0.39, 0.29) is 31.0 Å². The van der Waals surface area contributed by atoms with E-state index in [4.69, 9.17) is 0 Å². The van der Waals surface area contributed by atoms with E-state index in [0.717, 1.165) is 4.90 Å². The fourth-order valence-corrected chi connectivity index (χ4v) is 1.27. The molecule has 1 nitrogen and oxygen atoms in total. The molecule has 1 atom stereocenters. The first kappa shape index (κ1) is 11.1. The van der Waals surface area contributed by atoms with Crippen molar-refractivity contribution in [3.8, 4) is 0 Å². The van der Waals surface area contributed by atoms with Gasteiger partial charge in [0.2, 0.25) is 0 Å². The predicted molar refractivity (Wildman–Crippen MR) is 44.2 cm³/mol. The molecular formula is C8H9NaOS. The maximum absolute atomic E-state index is 11.0. The van der Waals surface area contributed by atoms with E-state index in [2.05, 4.69) is 6.58 Å². The average molecular weight is 176 g/mol. The van der Waals surface area contributed by atoms with Crippen LogP contribution < -0.4 is 29.6 Å². The standard InChI is InChI=1S/C8H8OS.Na.H/c1-2-10(9)8-6-4-3-5-7-8;;/h2-7H,1H2;;/q;+1;-1. The molecule has 0 aromatic heterocycles. The van der Waals surface area contributed by atoms with Crippen LogP contribution in [0.25, 0.3) is 0 Å². The predicted octanol–water partition coefficient (Wildman–Crippen LogP) is -0.946. The molecule has 3 heteroatoms. The smallest absolute Gasteiger partial charge is 1.00 e. The van der Waals surface area contributed by atoms with Gasteiger partial charge in [0.25, 0.3) is 0 Å². The number of rotatable bonds is 2. The van der Waals surface area contributed by atoms with Crippen molar-refractivity contribution in [3.05, 3.63) is 42.3 Å². The van der Waals surface area contributed by atoms with Gasteiger partial charge in [-0.1, -0.05) is 24.8 Å². The first-order valence-corrected chi connectivity index (χ1v) is 4.14. The van der Waals surface area contributed by atoms with Crippen LogP contribution in [0.15, 0.2) is 47.2 Å². The van der Waals surface area contributed by atoms with E-state index in [9.17, 15) is 4.21 Å². The first-order chi connectivity index (χ1) is 4.84. The molecular weight excluding hydrogens is 167 g/mol. The van der Waals surface area contributed by atoms with Crippen molar-refractivity contribution >= 4 is 10.8 Å². The maximum atomic E-state index is 11.0. The molecule has 0 spiro atoms. The largest absolute Gasteiger partial charge is 1.00 e. The Morgan fingerprint density at radius 2 is 1.91 bits per heavy atom. The molecule has 0 fully saturated rings. The van der Waals surface area contributed by atoms with E-state index < -0.39 is 10.8 Å². The first-order valence-electron chi connectivity index (χ1n) is 2.93. The third-order valence-electron chi connectivity index (χ3n) is 1.13. The van der Waals surface area contributed by atoms with Crippen LogP contribution in [0.4, 0.5) is 0 Å². The third kappa shape index (κ3) is 3.34. The molecule has 0 aliphatic carbocycles. The zero-order valence-corrected chi connectivity index (χ0v) is 9.30. The Bertz CT molecular complexity index is 250. The molecule has 0 saturated carbocycles. The van der Waals surface area contributed by atoms with Crippen LogP contribution in [-0.4, -0.2) is 4.21 Å². The van der Waals surface area contributed by atoms with Crippen molar-refractivity contribution in [2.45, 2.75) is 4.90 Å². The molecule has 11 heavy (non-hydrogen) atoms. The van der Waals surface area contributed by atoms with Crippen LogP contribution in [0.2, 0.25) is 0 Å². The molecule has 54 valence electrons. The summed E-state index contributed by atoms with van der Waals surface area (Å²) in [6.07, 6.45) is 0. The molecule has 0 saturated heterocycles. The summed E-state index contributed by atoms with van der Waals surface area (Å²) >= 11 is 0. The molecule has 0 N–H and O–H groups in total. The van der Waals surface area contributed by atoms with E-state index in [0.29, 0.717) is 0 Å². The van der Waals surface area contributed by atoms with Crippen LogP contribution in [0.5, 0.6) is 0 Å². The number of hydrogen-bond acceptors (Lipinski definition) is 1. The van der Waals surface area contributed by atoms with E-state index >= 15 is 0 Å². The Morgan fingerprint density at radius 1 is 1.36 bits per heavy atom. The molecule has 0 aliphatic heterocycles. The van der Waals surface area contributed by atoms with Gasteiger partial charge in [-0.3, -0.25) is 0 Å². The Labute approximate surface area is 92.7 Å². The summed E-state index contributed by atoms with van der Waals surface area (Å²) in [6.45, 7) is 3.44. The van der Waals surface area contributed by atoms with Gasteiger partial charge >= 0.3 is 29.6 Å². The average Bonchev–Trinajstić information content (AvgIpc) is 2.05. The van der Waals surface area contributed by atoms with Crippen LogP contribution in [0.3, 0.4) is 0 Å². The van der Waals surface area contributed by atoms with Gasteiger partial charge in [0.1, 0.15) is 0 Å². The summed E-state index contributed by atoms with van der Waals surface area (Å²) in [5, 5.41) is 1.43. The monoisotopic (exact) mass is 176 g/mol. The molecule has 0 bridgehead atoms. The quantitative estimate of drug-likeness (QED) is 0.531. The molecule has 0 radical (unpaired) electrons. The Morgan fingerprint density at radius 3 is 2.36 bits per heavy atom. The molecule has 1 aromatic carbocycles. The van der Waals surface area contributed by atoms with E-state index in [1.54, 1.807) is 0 Å². The van der Waals surface area contributed by atoms with Gasteiger partial charge in [-0.2, -0.15) is 0 Å². The maximum Gasteiger partial charge on any atom is 1.00 e. The second-order valence-corrected chi connectivity index (χ2v) is 3.18. The fraction of sp³-hybridized carbons (Fsp3) is 0. The van der Waals surface area contributed by atoms with Crippen LogP contribution in [0.1, 0.15) is 1.43 Å². The van der Waals surface area contributed by atoms with Crippen molar-refractivity contribution in [2.24, 2.45) is 0 Å². The van der Waals surface area contributed by atoms with Crippen LogP contribution >= 0.6 is 0 Å². The summed E-state index contributed by atoms with van der Waals surface area (Å²) in [4.78, 5) is 0.803. The Balaban J connectivity index is 0. The van der Waals surface area contributed by atoms with Crippen LogP contribution in [0, 0.1) is 0 Å². The minimum absolute atomic E-state index is 0. The normalized spacial score (nSPS) is 11.3. The summed E-state index contributed by atoms with van der Waals surface area (Å²) in [7, 11) is -1.03. The van der Waals surface area contributed by atoms with Crippen molar-refractivity contribution in [2.75, 3.05) is 0 Å². The minimum atomic E-state index is -1.03. The van der Waals surface area contributed by atoms with Gasteiger partial charge in [-0.15, -0.1) is 0 Å². The SMILES string of the molecule is C=CS(=O)c1ccccc1.[H-].[Na+]. The van der Waals surface area contributed by atoms with Crippen molar-refractivity contribution in [3.63, 3.8) is 0 Å². The van der Waals surface area contributed by atoms with Gasteiger partial charge in [0.05, 0.1) is 10.8 Å². The van der Waals surface area contributed by atoms with Crippen LogP contribution in [-0.2, 0) is 10.8 Å². The molecule has 0 heterocycles. The van der Waals surface area contributed by atoms with Gasteiger partial charge < -0.3 is 1.43 Å². The Kier molecular flexibility index (Phi) is 5.78. The summed E-state index contributed by atoms with van der Waals surface area (Å²) in [5.74, 6) is 0. The van der Waals surface area contributed by atoms with Gasteiger partial charge in [0, 0.05) is 10.3 Å². The number of benzene rings is 1. The molecule has 1 aromatic rings. The molecule has 1 rings (SSSR count). The zero-order chi connectivity index (χ0) is 7.40.